The highest BCUT2D eigenvalue weighted by atomic mass is 16.6. The van der Waals surface area contributed by atoms with Crippen LogP contribution in [0.5, 0.6) is 0 Å². The largest absolute Gasteiger partial charge is 0.444 e. The average molecular weight is 502 g/mol. The predicted octanol–water partition coefficient (Wildman–Crippen LogP) is 6.14. The standard InChI is InChI=1S/C27H27N5O5/c1-27(2,3)37-26(34)31-14-6-7-19(15-31)32-21(16-33)24(30-35)23(29-32)17-10-12-18(13-11-17)25-28-20-8-4-5-9-22(20)36-25/h4-5,8-13,16,19H,6-7,14-15H2,1-3H3. The molecule has 0 N–H and O–H groups in total. The Hall–Kier alpha value is -4.34. The zero-order valence-corrected chi connectivity index (χ0v) is 20.9. The number of para-hydroxylation sites is 2. The van der Waals surface area contributed by atoms with E-state index in [1.165, 1.54) is 4.68 Å². The molecule has 1 aliphatic heterocycles. The molecular formula is C27H27N5O5. The van der Waals surface area contributed by atoms with Crippen LogP contribution in [0, 0.1) is 4.91 Å². The van der Waals surface area contributed by atoms with Gasteiger partial charge in [-0.3, -0.25) is 9.48 Å². The van der Waals surface area contributed by atoms with Gasteiger partial charge in [-0.15, -0.1) is 4.91 Å². The number of nitrogens with zero attached hydrogens (tertiary/aromatic N) is 5. The summed E-state index contributed by atoms with van der Waals surface area (Å²) < 4.78 is 12.9. The molecule has 1 unspecified atom stereocenters. The number of nitroso groups, excluding NO2 is 1. The highest BCUT2D eigenvalue weighted by Crippen LogP contribution is 2.36. The zero-order valence-electron chi connectivity index (χ0n) is 20.9. The fourth-order valence-corrected chi connectivity index (χ4v) is 4.52. The molecule has 1 fully saturated rings. The minimum absolute atomic E-state index is 0.0287. The molecule has 4 aromatic rings. The van der Waals surface area contributed by atoms with Gasteiger partial charge in [0.2, 0.25) is 5.89 Å². The van der Waals surface area contributed by atoms with Gasteiger partial charge in [-0.25, -0.2) is 9.78 Å². The fourth-order valence-electron chi connectivity index (χ4n) is 4.52. The molecule has 0 radical (unpaired) electrons. The van der Waals surface area contributed by atoms with Crippen molar-refractivity contribution in [2.24, 2.45) is 5.18 Å². The molecule has 2 aromatic heterocycles. The van der Waals surface area contributed by atoms with Crippen molar-refractivity contribution >= 4 is 29.2 Å². The second kappa shape index (κ2) is 9.61. The van der Waals surface area contributed by atoms with E-state index in [1.807, 2.05) is 57.2 Å². The van der Waals surface area contributed by atoms with Crippen molar-refractivity contribution in [2.45, 2.75) is 45.3 Å². The Labute approximate surface area is 213 Å². The fraction of sp³-hybridized carbons (Fsp3) is 0.333. The molecule has 3 heterocycles. The Bertz CT molecular complexity index is 1430. The maximum absolute atomic E-state index is 12.6. The van der Waals surface area contributed by atoms with Gasteiger partial charge in [0.25, 0.3) is 0 Å². The van der Waals surface area contributed by atoms with Crippen molar-refractivity contribution in [2.75, 3.05) is 13.1 Å². The molecule has 37 heavy (non-hydrogen) atoms. The Morgan fingerprint density at radius 3 is 2.54 bits per heavy atom. The number of carbonyl (C=O) groups excluding carboxylic acids is 2. The highest BCUT2D eigenvalue weighted by Gasteiger charge is 2.32. The summed E-state index contributed by atoms with van der Waals surface area (Å²) in [6, 6.07) is 14.4. The molecule has 1 aliphatic rings. The Morgan fingerprint density at radius 2 is 1.86 bits per heavy atom. The third-order valence-corrected chi connectivity index (χ3v) is 6.22. The van der Waals surface area contributed by atoms with Crippen molar-refractivity contribution in [1.29, 1.82) is 0 Å². The summed E-state index contributed by atoms with van der Waals surface area (Å²) in [6.07, 6.45) is 1.57. The number of hydrogen-bond acceptors (Lipinski definition) is 8. The summed E-state index contributed by atoms with van der Waals surface area (Å²) in [6.45, 7) is 6.30. The van der Waals surface area contributed by atoms with Gasteiger partial charge in [0.05, 0.1) is 6.04 Å². The van der Waals surface area contributed by atoms with Gasteiger partial charge in [-0.05, 0) is 63.1 Å². The minimum atomic E-state index is -0.616. The number of ether oxygens (including phenoxy) is 1. The van der Waals surface area contributed by atoms with Gasteiger partial charge < -0.3 is 14.1 Å². The van der Waals surface area contributed by atoms with Gasteiger partial charge in [-0.1, -0.05) is 24.3 Å². The van der Waals surface area contributed by atoms with E-state index in [4.69, 9.17) is 9.15 Å². The second-order valence-electron chi connectivity index (χ2n) is 10.0. The van der Waals surface area contributed by atoms with Crippen molar-refractivity contribution in [3.05, 3.63) is 59.1 Å². The monoisotopic (exact) mass is 501 g/mol. The van der Waals surface area contributed by atoms with E-state index in [0.717, 1.165) is 11.1 Å². The topological polar surface area (TPSA) is 120 Å². The molecule has 1 amide bonds. The maximum Gasteiger partial charge on any atom is 0.410 e. The number of oxazole rings is 1. The number of likely N-dealkylation sites (tertiary alicyclic amines) is 1. The summed E-state index contributed by atoms with van der Waals surface area (Å²) in [7, 11) is 0. The van der Waals surface area contributed by atoms with E-state index in [-0.39, 0.29) is 17.4 Å². The lowest BCUT2D eigenvalue weighted by Crippen LogP contribution is -2.43. The number of piperidine rings is 1. The Morgan fingerprint density at radius 1 is 1.14 bits per heavy atom. The quantitative estimate of drug-likeness (QED) is 0.238. The van der Waals surface area contributed by atoms with Crippen molar-refractivity contribution < 1.29 is 18.7 Å². The Balaban J connectivity index is 1.44. The molecule has 190 valence electrons. The molecule has 0 spiro atoms. The van der Waals surface area contributed by atoms with Crippen LogP contribution >= 0.6 is 0 Å². The molecule has 1 atom stereocenters. The molecule has 0 bridgehead atoms. The summed E-state index contributed by atoms with van der Waals surface area (Å²) in [5, 5.41) is 7.77. The smallest absolute Gasteiger partial charge is 0.410 e. The summed E-state index contributed by atoms with van der Waals surface area (Å²) in [5.74, 6) is 0.477. The zero-order chi connectivity index (χ0) is 26.2. The first-order valence-corrected chi connectivity index (χ1v) is 12.1. The van der Waals surface area contributed by atoms with Gasteiger partial charge in [0.1, 0.15) is 22.5 Å². The molecular weight excluding hydrogens is 474 g/mol. The minimum Gasteiger partial charge on any atom is -0.444 e. The molecule has 1 saturated heterocycles. The number of carbonyl (C=O) groups is 2. The normalized spacial score (nSPS) is 16.1. The first-order chi connectivity index (χ1) is 17.8. The van der Waals surface area contributed by atoms with Crippen LogP contribution in [0.3, 0.4) is 0 Å². The van der Waals surface area contributed by atoms with Crippen molar-refractivity contribution in [3.63, 3.8) is 0 Å². The first-order valence-electron chi connectivity index (χ1n) is 12.1. The van der Waals surface area contributed by atoms with E-state index < -0.39 is 11.7 Å². The lowest BCUT2D eigenvalue weighted by molar-refractivity contribution is 0.0167. The van der Waals surface area contributed by atoms with Gasteiger partial charge >= 0.3 is 6.09 Å². The van der Waals surface area contributed by atoms with Crippen LogP contribution in [-0.2, 0) is 4.74 Å². The van der Waals surface area contributed by atoms with E-state index in [1.54, 1.807) is 17.0 Å². The van der Waals surface area contributed by atoms with Gasteiger partial charge in [-0.2, -0.15) is 5.10 Å². The summed E-state index contributed by atoms with van der Waals surface area (Å²) in [5.41, 5.74) is 2.58. The van der Waals surface area contributed by atoms with E-state index in [2.05, 4.69) is 15.3 Å². The first kappa shape index (κ1) is 24.4. The van der Waals surface area contributed by atoms with E-state index in [0.29, 0.717) is 54.9 Å². The summed E-state index contributed by atoms with van der Waals surface area (Å²) in [4.78, 5) is 42.6. The lowest BCUT2D eigenvalue weighted by Gasteiger charge is -2.34. The van der Waals surface area contributed by atoms with Crippen molar-refractivity contribution in [1.82, 2.24) is 19.7 Å². The molecule has 5 rings (SSSR count). The SMILES string of the molecule is CC(C)(C)OC(=O)N1CCCC(n2nc(-c3ccc(-c4nc5ccccc5o4)cc3)c(N=O)c2C=O)C1. The van der Waals surface area contributed by atoms with Gasteiger partial charge in [0.15, 0.2) is 17.6 Å². The lowest BCUT2D eigenvalue weighted by atomic mass is 10.1. The van der Waals surface area contributed by atoms with Crippen LogP contribution in [-0.4, -0.2) is 50.7 Å². The van der Waals surface area contributed by atoms with Crippen LogP contribution in [0.4, 0.5) is 10.5 Å². The number of benzene rings is 2. The highest BCUT2D eigenvalue weighted by molar-refractivity contribution is 5.88. The number of rotatable bonds is 5. The molecule has 0 aliphatic carbocycles. The molecule has 10 heteroatoms. The van der Waals surface area contributed by atoms with Crippen LogP contribution in [0.25, 0.3) is 33.8 Å². The van der Waals surface area contributed by atoms with Crippen LogP contribution in [0.2, 0.25) is 0 Å². The van der Waals surface area contributed by atoms with Crippen LogP contribution < -0.4 is 0 Å². The number of aldehydes is 1. The Kier molecular flexibility index (Phi) is 6.32. The van der Waals surface area contributed by atoms with Gasteiger partial charge in [0, 0.05) is 24.2 Å². The number of aromatic nitrogens is 3. The third-order valence-electron chi connectivity index (χ3n) is 6.22. The van der Waals surface area contributed by atoms with E-state index >= 15 is 0 Å². The molecule has 2 aromatic carbocycles. The predicted molar refractivity (Wildman–Crippen MR) is 138 cm³/mol. The van der Waals surface area contributed by atoms with Crippen molar-refractivity contribution in [3.8, 4) is 22.7 Å². The van der Waals surface area contributed by atoms with Crippen LogP contribution in [0.15, 0.2) is 58.1 Å². The number of amides is 1. The van der Waals surface area contributed by atoms with Crippen LogP contribution in [0.1, 0.15) is 50.1 Å². The average Bonchev–Trinajstić information content (AvgIpc) is 3.49. The second-order valence-corrected chi connectivity index (χ2v) is 10.0. The maximum atomic E-state index is 12.6. The summed E-state index contributed by atoms with van der Waals surface area (Å²) >= 11 is 0. The molecule has 10 nitrogen and oxygen atoms in total. The number of fused-ring (bicyclic) bond motifs is 1. The molecule has 0 saturated carbocycles. The number of hydrogen-bond donors (Lipinski definition) is 0. The van der Waals surface area contributed by atoms with E-state index in [9.17, 15) is 14.5 Å². The third kappa shape index (κ3) is 4.87.